The van der Waals surface area contributed by atoms with Crippen LogP contribution in [-0.4, -0.2) is 40.6 Å². The number of pyridine rings is 1. The first-order valence-electron chi connectivity index (χ1n) is 10.1. The fourth-order valence-electron chi connectivity index (χ4n) is 4.01. The lowest BCUT2D eigenvalue weighted by atomic mass is 10.1. The van der Waals surface area contributed by atoms with Gasteiger partial charge in [-0.25, -0.2) is 15.0 Å². The number of anilines is 1. The summed E-state index contributed by atoms with van der Waals surface area (Å²) in [5.74, 6) is 1.66. The number of hydrogen-bond donors (Lipinski definition) is 2. The number of rotatable bonds is 5. The van der Waals surface area contributed by atoms with E-state index in [1.807, 2.05) is 19.3 Å². The van der Waals surface area contributed by atoms with Crippen molar-refractivity contribution in [3.63, 3.8) is 0 Å². The van der Waals surface area contributed by atoms with Crippen LogP contribution in [0.4, 0.5) is 5.82 Å². The second-order valence-electron chi connectivity index (χ2n) is 7.73. The molecule has 4 aromatic heterocycles. The molecule has 5 rings (SSSR count). The summed E-state index contributed by atoms with van der Waals surface area (Å²) in [5, 5.41) is 7.08. The molecular formula is C21H22N8O. The van der Waals surface area contributed by atoms with Crippen LogP contribution in [0.5, 0.6) is 0 Å². The Balaban J connectivity index is 1.34. The third-order valence-electron chi connectivity index (χ3n) is 5.50. The van der Waals surface area contributed by atoms with Crippen LogP contribution < -0.4 is 5.32 Å². The van der Waals surface area contributed by atoms with Crippen molar-refractivity contribution >= 4 is 22.9 Å². The van der Waals surface area contributed by atoms with Gasteiger partial charge < -0.3 is 10.3 Å². The smallest absolute Gasteiger partial charge is 0.230 e. The lowest BCUT2D eigenvalue weighted by Gasteiger charge is -2.06. The molecule has 2 N–H and O–H groups in total. The van der Waals surface area contributed by atoms with Crippen LogP contribution in [0.1, 0.15) is 43.0 Å². The molecule has 9 heteroatoms. The molecule has 0 aromatic carbocycles. The van der Waals surface area contributed by atoms with Gasteiger partial charge >= 0.3 is 0 Å². The molecule has 0 unspecified atom stereocenters. The first-order valence-corrected chi connectivity index (χ1v) is 10.1. The van der Waals surface area contributed by atoms with Gasteiger partial charge in [-0.1, -0.05) is 12.8 Å². The van der Waals surface area contributed by atoms with Crippen LogP contribution in [-0.2, 0) is 18.3 Å². The van der Waals surface area contributed by atoms with E-state index in [0.717, 1.165) is 35.4 Å². The average molecular weight is 402 g/mol. The molecule has 152 valence electrons. The zero-order valence-electron chi connectivity index (χ0n) is 16.7. The minimum absolute atomic E-state index is 0.169. The number of aromatic amines is 1. The predicted octanol–water partition coefficient (Wildman–Crippen LogP) is 2.99. The average Bonchev–Trinajstić information content (AvgIpc) is 3.48. The van der Waals surface area contributed by atoms with Gasteiger partial charge in [0.25, 0.3) is 0 Å². The van der Waals surface area contributed by atoms with Crippen molar-refractivity contribution in [2.24, 2.45) is 7.05 Å². The maximum absolute atomic E-state index is 12.7. The first-order chi connectivity index (χ1) is 14.7. The van der Waals surface area contributed by atoms with Crippen molar-refractivity contribution in [2.75, 3.05) is 5.32 Å². The minimum Gasteiger partial charge on any atom is -0.337 e. The Morgan fingerprint density at radius 3 is 2.87 bits per heavy atom. The number of aryl methyl sites for hydroxylation is 1. The van der Waals surface area contributed by atoms with E-state index in [1.165, 1.54) is 19.2 Å². The molecular weight excluding hydrogens is 380 g/mol. The van der Waals surface area contributed by atoms with Crippen molar-refractivity contribution < 1.29 is 4.79 Å². The fourth-order valence-corrected chi connectivity index (χ4v) is 4.01. The molecule has 0 radical (unpaired) electrons. The SMILES string of the molecule is Cn1cc(-c2cncc(CC(=O)Nc3ncnc4nc(C5CCCC5)[nH]c34)c2)cn1. The highest BCUT2D eigenvalue weighted by Crippen LogP contribution is 2.33. The quantitative estimate of drug-likeness (QED) is 0.530. The van der Waals surface area contributed by atoms with Crippen LogP contribution in [0.25, 0.3) is 22.3 Å². The normalized spacial score (nSPS) is 14.4. The highest BCUT2D eigenvalue weighted by atomic mass is 16.1. The van der Waals surface area contributed by atoms with E-state index in [0.29, 0.717) is 22.9 Å². The number of carbonyl (C=O) groups excluding carboxylic acids is 1. The van der Waals surface area contributed by atoms with Crippen molar-refractivity contribution in [2.45, 2.75) is 38.0 Å². The van der Waals surface area contributed by atoms with E-state index in [4.69, 9.17) is 0 Å². The van der Waals surface area contributed by atoms with Crippen LogP contribution in [0.15, 0.2) is 37.2 Å². The lowest BCUT2D eigenvalue weighted by Crippen LogP contribution is -2.16. The molecule has 1 saturated carbocycles. The molecule has 4 aromatic rings. The summed E-state index contributed by atoms with van der Waals surface area (Å²) >= 11 is 0. The number of hydrogen-bond acceptors (Lipinski definition) is 6. The summed E-state index contributed by atoms with van der Waals surface area (Å²) in [6.45, 7) is 0. The monoisotopic (exact) mass is 402 g/mol. The molecule has 4 heterocycles. The highest BCUT2D eigenvalue weighted by molar-refractivity contribution is 5.97. The van der Waals surface area contributed by atoms with Crippen LogP contribution >= 0.6 is 0 Å². The Morgan fingerprint density at radius 1 is 1.20 bits per heavy atom. The molecule has 30 heavy (non-hydrogen) atoms. The summed E-state index contributed by atoms with van der Waals surface area (Å²) in [6.07, 6.45) is 13.5. The van der Waals surface area contributed by atoms with Crippen LogP contribution in [0.3, 0.4) is 0 Å². The van der Waals surface area contributed by atoms with Crippen LogP contribution in [0, 0.1) is 0 Å². The Labute approximate surface area is 173 Å². The second kappa shape index (κ2) is 7.66. The predicted molar refractivity (Wildman–Crippen MR) is 112 cm³/mol. The van der Waals surface area contributed by atoms with Gasteiger partial charge in [0.15, 0.2) is 11.5 Å². The van der Waals surface area contributed by atoms with E-state index in [1.54, 1.807) is 23.3 Å². The van der Waals surface area contributed by atoms with Gasteiger partial charge in [0.2, 0.25) is 5.91 Å². The van der Waals surface area contributed by atoms with Gasteiger partial charge in [0.05, 0.1) is 12.6 Å². The minimum atomic E-state index is -0.169. The van der Waals surface area contributed by atoms with Gasteiger partial charge in [0.1, 0.15) is 17.7 Å². The number of nitrogens with one attached hydrogen (secondary N) is 2. The van der Waals surface area contributed by atoms with Crippen molar-refractivity contribution in [1.29, 1.82) is 0 Å². The number of aromatic nitrogens is 7. The van der Waals surface area contributed by atoms with E-state index < -0.39 is 0 Å². The maximum atomic E-state index is 12.7. The number of H-pyrrole nitrogens is 1. The number of imidazole rings is 1. The Morgan fingerprint density at radius 2 is 2.07 bits per heavy atom. The molecule has 9 nitrogen and oxygen atoms in total. The number of nitrogens with zero attached hydrogens (tertiary/aromatic N) is 6. The summed E-state index contributed by atoms with van der Waals surface area (Å²) in [7, 11) is 1.87. The Kier molecular flexibility index (Phi) is 4.70. The fraction of sp³-hybridized carbons (Fsp3) is 0.333. The summed E-state index contributed by atoms with van der Waals surface area (Å²) in [5.41, 5.74) is 3.96. The zero-order chi connectivity index (χ0) is 20.5. The second-order valence-corrected chi connectivity index (χ2v) is 7.73. The molecule has 1 aliphatic rings. The molecule has 1 amide bonds. The van der Waals surface area contributed by atoms with E-state index >= 15 is 0 Å². The standard InChI is InChI=1S/C21H22N8O/c1-29-11-16(10-25-29)15-6-13(8-22-9-15)7-17(30)26-20-18-21(24-12-23-20)28-19(27-18)14-4-2-3-5-14/h6,8-12,14H,2-5,7H2,1H3,(H2,23,24,26,27,28,30). The summed E-state index contributed by atoms with van der Waals surface area (Å²) in [4.78, 5) is 33.4. The molecule has 1 aliphatic carbocycles. The lowest BCUT2D eigenvalue weighted by molar-refractivity contribution is -0.115. The van der Waals surface area contributed by atoms with Gasteiger partial charge in [0, 0.05) is 42.7 Å². The van der Waals surface area contributed by atoms with Gasteiger partial charge in [-0.05, 0) is 24.5 Å². The summed E-state index contributed by atoms with van der Waals surface area (Å²) in [6, 6.07) is 1.95. The van der Waals surface area contributed by atoms with Crippen molar-refractivity contribution in [1.82, 2.24) is 34.7 Å². The molecule has 1 fully saturated rings. The highest BCUT2D eigenvalue weighted by Gasteiger charge is 2.22. The van der Waals surface area contributed by atoms with Crippen molar-refractivity contribution in [3.8, 4) is 11.1 Å². The number of amides is 1. The van der Waals surface area contributed by atoms with Gasteiger partial charge in [-0.2, -0.15) is 5.10 Å². The summed E-state index contributed by atoms with van der Waals surface area (Å²) < 4.78 is 1.74. The molecule has 0 bridgehead atoms. The third kappa shape index (κ3) is 3.66. The topological polar surface area (TPSA) is 114 Å². The Bertz CT molecular complexity index is 1200. The zero-order valence-corrected chi connectivity index (χ0v) is 16.7. The van der Waals surface area contributed by atoms with Crippen molar-refractivity contribution in [3.05, 3.63) is 48.6 Å². The molecule has 0 aliphatic heterocycles. The first kappa shape index (κ1) is 18.4. The van der Waals surface area contributed by atoms with Gasteiger partial charge in [-0.3, -0.25) is 14.5 Å². The number of fused-ring (bicyclic) bond motifs is 1. The van der Waals surface area contributed by atoms with E-state index in [9.17, 15) is 4.79 Å². The Hall–Kier alpha value is -3.62. The maximum Gasteiger partial charge on any atom is 0.230 e. The molecule has 0 saturated heterocycles. The molecule has 0 atom stereocenters. The van der Waals surface area contributed by atoms with E-state index in [-0.39, 0.29) is 12.3 Å². The molecule has 0 spiro atoms. The third-order valence-corrected chi connectivity index (χ3v) is 5.50. The van der Waals surface area contributed by atoms with Crippen LogP contribution in [0.2, 0.25) is 0 Å². The largest absolute Gasteiger partial charge is 0.337 e. The van der Waals surface area contributed by atoms with E-state index in [2.05, 4.69) is 35.3 Å². The van der Waals surface area contributed by atoms with Gasteiger partial charge in [-0.15, -0.1) is 0 Å². The number of carbonyl (C=O) groups is 1.